The second kappa shape index (κ2) is 10.2. The Balaban J connectivity index is 1.39. The number of aromatic nitrogens is 5. The topological polar surface area (TPSA) is 262 Å². The Bertz CT molecular complexity index is 1580. The highest BCUT2D eigenvalue weighted by molar-refractivity contribution is 8.00. The van der Waals surface area contributed by atoms with E-state index in [-0.39, 0.29) is 34.8 Å². The minimum atomic E-state index is -1.33. The molecule has 0 aliphatic carbocycles. The molecule has 202 valence electrons. The molecule has 3 aromatic heterocycles. The van der Waals surface area contributed by atoms with Gasteiger partial charge in [-0.15, -0.1) is 11.8 Å². The number of amides is 4. The molecule has 0 aromatic carbocycles. The van der Waals surface area contributed by atoms with Crippen molar-refractivity contribution < 1.29 is 28.9 Å². The van der Waals surface area contributed by atoms with Gasteiger partial charge in [0.15, 0.2) is 22.9 Å². The summed E-state index contributed by atoms with van der Waals surface area (Å²) in [6.45, 7) is 0.0488. The molecule has 2 aliphatic heterocycles. The van der Waals surface area contributed by atoms with Gasteiger partial charge in [0.25, 0.3) is 17.6 Å². The maximum Gasteiger partial charge on any atom is 0.352 e. The second-order valence-electron chi connectivity index (χ2n) is 8.05. The molecule has 5 heterocycles. The molecule has 1 saturated heterocycles. The molecule has 0 saturated carbocycles. The van der Waals surface area contributed by atoms with Crippen molar-refractivity contribution in [3.63, 3.8) is 0 Å². The van der Waals surface area contributed by atoms with E-state index in [1.54, 1.807) is 22.9 Å². The van der Waals surface area contributed by atoms with Crippen LogP contribution in [0.5, 0.6) is 0 Å². The number of carboxylic acid groups (broad SMARTS) is 1. The number of carbonyl (C=O) groups is 4. The Morgan fingerprint density at radius 1 is 1.36 bits per heavy atom. The van der Waals surface area contributed by atoms with E-state index in [1.165, 1.54) is 22.5 Å². The van der Waals surface area contributed by atoms with E-state index >= 15 is 0 Å². The van der Waals surface area contributed by atoms with E-state index in [4.69, 9.17) is 11.6 Å². The number of aliphatic carboxylic acids is 1. The van der Waals surface area contributed by atoms with Gasteiger partial charge in [-0.25, -0.2) is 20.0 Å². The van der Waals surface area contributed by atoms with Crippen molar-refractivity contribution in [1.82, 2.24) is 34.6 Å². The van der Waals surface area contributed by atoms with Crippen molar-refractivity contribution in [3.8, 4) is 0 Å². The summed E-state index contributed by atoms with van der Waals surface area (Å²) in [7, 11) is 0. The molecule has 0 unspecified atom stereocenters. The number of fused-ring (bicyclic) bond motifs is 2. The van der Waals surface area contributed by atoms with E-state index in [0.29, 0.717) is 11.2 Å². The number of nitrogen functional groups attached to an aromatic ring is 1. The lowest BCUT2D eigenvalue weighted by Gasteiger charge is -2.49. The van der Waals surface area contributed by atoms with Crippen molar-refractivity contribution >= 4 is 69.4 Å². The summed E-state index contributed by atoms with van der Waals surface area (Å²) < 4.78 is 6.86. The summed E-state index contributed by atoms with van der Waals surface area (Å²) >= 11 is 1.99. The zero-order valence-corrected chi connectivity index (χ0v) is 21.1. The van der Waals surface area contributed by atoms with Gasteiger partial charge in [-0.05, 0) is 6.07 Å². The monoisotopic (exact) mass is 574 g/mol. The summed E-state index contributed by atoms with van der Waals surface area (Å²) in [6, 6.07) is 1.58. The highest BCUT2D eigenvalue weighted by atomic mass is 32.2. The fraction of sp³-hybridized carbons (Fsp3) is 0.211. The number of nitrogens with one attached hydrogen (secondary N) is 3. The van der Waals surface area contributed by atoms with Gasteiger partial charge >= 0.3 is 17.6 Å². The van der Waals surface area contributed by atoms with E-state index in [1.807, 2.05) is 5.43 Å². The molecule has 5 rings (SSSR count). The zero-order valence-electron chi connectivity index (χ0n) is 19.5. The van der Waals surface area contributed by atoms with Crippen molar-refractivity contribution in [1.29, 1.82) is 0 Å². The van der Waals surface area contributed by atoms with Gasteiger partial charge in [0.2, 0.25) is 0 Å². The zero-order chi connectivity index (χ0) is 27.8. The first kappa shape index (κ1) is 25.8. The van der Waals surface area contributed by atoms with Gasteiger partial charge < -0.3 is 26.5 Å². The van der Waals surface area contributed by atoms with Crippen molar-refractivity contribution in [3.05, 3.63) is 46.8 Å². The van der Waals surface area contributed by atoms with Crippen LogP contribution in [0, 0.1) is 5.21 Å². The SMILES string of the molecule is NNC(=O)Nc1c[n+](CC2=C(C(=O)O)N3C(=O)[C@@H](NC(=O)C(=N[O-])c4nsc(N)n4)[C@H]3SC2)c2cccnn12. The van der Waals surface area contributed by atoms with Gasteiger partial charge in [-0.2, -0.15) is 9.36 Å². The second-order valence-corrected chi connectivity index (χ2v) is 9.94. The predicted octanol–water partition coefficient (Wildman–Crippen LogP) is -2.22. The maximum atomic E-state index is 13.0. The molecule has 2 atom stereocenters. The van der Waals surface area contributed by atoms with Gasteiger partial charge in [-0.3, -0.25) is 25.2 Å². The number of carboxylic acids is 1. The third kappa shape index (κ3) is 4.55. The van der Waals surface area contributed by atoms with E-state index in [2.05, 4.69) is 30.2 Å². The number of rotatable bonds is 7. The molecule has 0 bridgehead atoms. The van der Waals surface area contributed by atoms with Gasteiger partial charge in [0, 0.05) is 28.9 Å². The Hall–Kier alpha value is -4.82. The molecule has 4 amide bonds. The van der Waals surface area contributed by atoms with Crippen LogP contribution in [0.3, 0.4) is 0 Å². The standard InChI is InChI=1S/C19H18N12O6S2/c20-18-25-13(28-39-18)10(27-37)14(32)24-11-15(33)30-12(17(34)35)7(6-38-16(11)30)4-29-5-8(23-19(36)26-21)31-9(29)2-1-3-22-31/h1-3,5,11,16,21-22H,4,6H2,(H6,20,23,24,25,28,32,34,35,36,37)/t11-,16-/m1/s1. The van der Waals surface area contributed by atoms with Gasteiger partial charge in [-0.1, -0.05) is 9.61 Å². The van der Waals surface area contributed by atoms with E-state index < -0.39 is 40.9 Å². The first-order chi connectivity index (χ1) is 18.7. The summed E-state index contributed by atoms with van der Waals surface area (Å²) in [6.07, 6.45) is 3.05. The Morgan fingerprint density at radius 3 is 2.82 bits per heavy atom. The number of β-lactam (4-membered cyclic amide) rings is 1. The Morgan fingerprint density at radius 2 is 2.15 bits per heavy atom. The first-order valence-electron chi connectivity index (χ1n) is 10.9. The highest BCUT2D eigenvalue weighted by Crippen LogP contribution is 2.40. The fourth-order valence-corrected chi connectivity index (χ4v) is 5.90. The molecule has 3 aromatic rings. The van der Waals surface area contributed by atoms with Crippen LogP contribution in [0.25, 0.3) is 5.65 Å². The molecule has 2 aliphatic rings. The van der Waals surface area contributed by atoms with Crippen molar-refractivity contribution in [2.75, 3.05) is 16.8 Å². The molecule has 39 heavy (non-hydrogen) atoms. The molecule has 0 radical (unpaired) electrons. The number of nitrogens with two attached hydrogens (primary N) is 2. The number of thioether (sulfide) groups is 1. The number of carbonyl (C=O) groups excluding carboxylic acids is 3. The van der Waals surface area contributed by atoms with Gasteiger partial charge in [0.1, 0.15) is 23.7 Å². The smallest absolute Gasteiger partial charge is 0.352 e. The lowest BCUT2D eigenvalue weighted by Crippen LogP contribution is -2.71. The lowest BCUT2D eigenvalue weighted by atomic mass is 10.0. The van der Waals surface area contributed by atoms with E-state index in [9.17, 15) is 29.5 Å². The number of anilines is 2. The third-order valence-corrected chi connectivity index (χ3v) is 7.64. The summed E-state index contributed by atoms with van der Waals surface area (Å²) in [5, 5.41) is 32.3. The van der Waals surface area contributed by atoms with Crippen molar-refractivity contribution in [2.45, 2.75) is 18.0 Å². The average molecular weight is 575 g/mol. The summed E-state index contributed by atoms with van der Waals surface area (Å²) in [5.41, 5.74) is 7.49. The van der Waals surface area contributed by atoms with Crippen LogP contribution in [-0.4, -0.2) is 75.7 Å². The molecule has 1 fully saturated rings. The Labute approximate surface area is 225 Å². The lowest BCUT2D eigenvalue weighted by molar-refractivity contribution is -0.662. The summed E-state index contributed by atoms with van der Waals surface area (Å²) in [5.74, 6) is 2.34. The normalized spacial score (nSPS) is 18.9. The third-order valence-electron chi connectivity index (χ3n) is 5.76. The van der Waals surface area contributed by atoms with Crippen LogP contribution >= 0.6 is 23.3 Å². The van der Waals surface area contributed by atoms with Crippen LogP contribution in [0.2, 0.25) is 0 Å². The number of urea groups is 1. The molecule has 8 N–H and O–H groups in total. The summed E-state index contributed by atoms with van der Waals surface area (Å²) in [4.78, 5) is 54.5. The quantitative estimate of drug-likeness (QED) is 0.0437. The Kier molecular flexibility index (Phi) is 6.72. The van der Waals surface area contributed by atoms with Gasteiger partial charge in [0.05, 0.1) is 6.20 Å². The molecular formula is C19H18N12O6S2. The van der Waals surface area contributed by atoms with Crippen LogP contribution in [0.1, 0.15) is 5.82 Å². The molecular weight excluding hydrogens is 556 g/mol. The fourth-order valence-electron chi connectivity index (χ4n) is 4.14. The number of hydrazine groups is 1. The highest BCUT2D eigenvalue weighted by Gasteiger charge is 2.54. The molecule has 0 spiro atoms. The number of imidazole rings is 1. The van der Waals surface area contributed by atoms with Crippen molar-refractivity contribution in [2.24, 2.45) is 11.0 Å². The minimum absolute atomic E-state index is 0.0200. The average Bonchev–Trinajstić information content (AvgIpc) is 3.50. The maximum absolute atomic E-state index is 13.0. The molecule has 18 nitrogen and oxygen atoms in total. The predicted molar refractivity (Wildman–Crippen MR) is 136 cm³/mol. The first-order valence-corrected chi connectivity index (χ1v) is 12.7. The van der Waals surface area contributed by atoms with Crippen LogP contribution < -0.4 is 32.2 Å². The van der Waals surface area contributed by atoms with Crippen LogP contribution in [-0.2, 0) is 20.9 Å². The molecule has 20 heteroatoms. The minimum Gasteiger partial charge on any atom is -0.791 e. The van der Waals surface area contributed by atoms with E-state index in [0.717, 1.165) is 16.4 Å². The number of hydrogen-bond donors (Lipinski definition) is 6. The van der Waals surface area contributed by atoms with Crippen LogP contribution in [0.4, 0.5) is 15.7 Å². The number of hydrogen-bond acceptors (Lipinski definition) is 13. The van der Waals surface area contributed by atoms with Crippen LogP contribution in [0.15, 0.2) is 41.0 Å². The largest absolute Gasteiger partial charge is 0.791 e. The number of nitrogens with zero attached hydrogens (tertiary/aromatic N) is 7.